The molecular weight excluding hydrogens is 330 g/mol. The van der Waals surface area contributed by atoms with Crippen molar-refractivity contribution in [1.29, 1.82) is 0 Å². The lowest BCUT2D eigenvalue weighted by Crippen LogP contribution is -3.13. The van der Waals surface area contributed by atoms with Crippen LogP contribution in [0.15, 0.2) is 18.2 Å². The van der Waals surface area contributed by atoms with Crippen LogP contribution in [0.1, 0.15) is 42.2 Å². The number of rotatable bonds is 5. The second kappa shape index (κ2) is 7.91. The van der Waals surface area contributed by atoms with E-state index >= 15 is 0 Å². The number of carbonyl (C=O) groups excluding carboxylic acids is 2. The van der Waals surface area contributed by atoms with Crippen LogP contribution in [-0.2, 0) is 9.53 Å². The summed E-state index contributed by atoms with van der Waals surface area (Å²) in [4.78, 5) is 29.2. The van der Waals surface area contributed by atoms with Crippen molar-refractivity contribution >= 4 is 28.5 Å². The highest BCUT2D eigenvalue weighted by Gasteiger charge is 2.22. The lowest BCUT2D eigenvalue weighted by Gasteiger charge is -2.27. The molecule has 6 heteroatoms. The standard InChI is InChI=1S/C20H27N3O3/c1-13-6-9-23(10-7-13)11-8-17(24)22-18-15-12-14(2)4-5-16(15)21-19(18)20(25)26-3/h4-5,12-13,21H,6-11H2,1-3H3,(H,22,24)/p+1. The highest BCUT2D eigenvalue weighted by atomic mass is 16.5. The van der Waals surface area contributed by atoms with E-state index in [1.807, 2.05) is 25.1 Å². The molecule has 0 radical (unpaired) electrons. The van der Waals surface area contributed by atoms with Crippen molar-refractivity contribution in [2.75, 3.05) is 32.1 Å². The maximum Gasteiger partial charge on any atom is 0.356 e. The second-order valence-corrected chi connectivity index (χ2v) is 7.40. The highest BCUT2D eigenvalue weighted by molar-refractivity contribution is 6.11. The number of methoxy groups -OCH3 is 1. The van der Waals surface area contributed by atoms with E-state index in [1.54, 1.807) is 0 Å². The lowest BCUT2D eigenvalue weighted by atomic mass is 9.99. The number of H-pyrrole nitrogens is 1. The molecule has 0 atom stereocenters. The summed E-state index contributed by atoms with van der Waals surface area (Å²) >= 11 is 0. The first-order chi connectivity index (χ1) is 12.5. The Kier molecular flexibility index (Phi) is 5.61. The number of aryl methyl sites for hydroxylation is 1. The van der Waals surface area contributed by atoms with E-state index < -0.39 is 5.97 Å². The topological polar surface area (TPSA) is 75.6 Å². The summed E-state index contributed by atoms with van der Waals surface area (Å²) in [6.07, 6.45) is 2.90. The van der Waals surface area contributed by atoms with Crippen LogP contribution in [0, 0.1) is 12.8 Å². The zero-order valence-electron chi connectivity index (χ0n) is 15.8. The number of ether oxygens (including phenoxy) is 1. The summed E-state index contributed by atoms with van der Waals surface area (Å²) in [7, 11) is 1.34. The molecule has 6 nitrogen and oxygen atoms in total. The van der Waals surface area contributed by atoms with Gasteiger partial charge in [-0.1, -0.05) is 18.6 Å². The van der Waals surface area contributed by atoms with Crippen LogP contribution in [0.2, 0.25) is 0 Å². The summed E-state index contributed by atoms with van der Waals surface area (Å²) in [5.74, 6) is 0.248. The lowest BCUT2D eigenvalue weighted by molar-refractivity contribution is -0.905. The number of hydrogen-bond acceptors (Lipinski definition) is 3. The first-order valence-electron chi connectivity index (χ1n) is 9.32. The zero-order chi connectivity index (χ0) is 18.7. The number of hydrogen-bond donors (Lipinski definition) is 3. The molecule has 1 aromatic heterocycles. The molecule has 3 rings (SSSR count). The van der Waals surface area contributed by atoms with Crippen molar-refractivity contribution < 1.29 is 19.2 Å². The average molecular weight is 358 g/mol. The van der Waals surface area contributed by atoms with Crippen LogP contribution in [0.5, 0.6) is 0 Å². The Hall–Kier alpha value is -2.34. The van der Waals surface area contributed by atoms with Gasteiger partial charge in [-0.05, 0) is 37.8 Å². The minimum absolute atomic E-state index is 0.0660. The Balaban J connectivity index is 1.73. The van der Waals surface area contributed by atoms with Gasteiger partial charge in [-0.2, -0.15) is 0 Å². The largest absolute Gasteiger partial charge is 0.464 e. The summed E-state index contributed by atoms with van der Waals surface area (Å²) in [5, 5.41) is 3.77. The Bertz CT molecular complexity index is 804. The third kappa shape index (κ3) is 4.07. The minimum Gasteiger partial charge on any atom is -0.464 e. The van der Waals surface area contributed by atoms with Gasteiger partial charge in [-0.3, -0.25) is 4.79 Å². The summed E-state index contributed by atoms with van der Waals surface area (Å²) in [6, 6.07) is 5.84. The average Bonchev–Trinajstić information content (AvgIpc) is 2.98. The van der Waals surface area contributed by atoms with Crippen LogP contribution < -0.4 is 10.2 Å². The van der Waals surface area contributed by atoms with E-state index in [9.17, 15) is 9.59 Å². The van der Waals surface area contributed by atoms with Gasteiger partial charge in [0.05, 0.1) is 38.9 Å². The molecule has 0 unspecified atom stereocenters. The molecule has 2 heterocycles. The van der Waals surface area contributed by atoms with Gasteiger partial charge in [0.2, 0.25) is 5.91 Å². The number of esters is 1. The number of aromatic nitrogens is 1. The van der Waals surface area contributed by atoms with E-state index in [1.165, 1.54) is 24.9 Å². The highest BCUT2D eigenvalue weighted by Crippen LogP contribution is 2.29. The van der Waals surface area contributed by atoms with Gasteiger partial charge in [-0.25, -0.2) is 4.79 Å². The fourth-order valence-corrected chi connectivity index (χ4v) is 3.60. The predicted molar refractivity (Wildman–Crippen MR) is 102 cm³/mol. The molecule has 1 aliphatic heterocycles. The number of quaternary nitrogens is 1. The van der Waals surface area contributed by atoms with Gasteiger partial charge in [0.1, 0.15) is 5.69 Å². The third-order valence-corrected chi connectivity index (χ3v) is 5.30. The molecule has 1 aliphatic rings. The number of aromatic amines is 1. The quantitative estimate of drug-likeness (QED) is 0.715. The smallest absolute Gasteiger partial charge is 0.356 e. The van der Waals surface area contributed by atoms with E-state index in [0.29, 0.717) is 17.8 Å². The summed E-state index contributed by atoms with van der Waals surface area (Å²) < 4.78 is 4.86. The fourth-order valence-electron chi connectivity index (χ4n) is 3.60. The third-order valence-electron chi connectivity index (χ3n) is 5.30. The normalized spacial score (nSPS) is 20.1. The SMILES string of the molecule is COC(=O)c1[nH]c2ccc(C)cc2c1NC(=O)CC[NH+]1CCC(C)CC1. The second-order valence-electron chi connectivity index (χ2n) is 7.40. The number of benzene rings is 1. The monoisotopic (exact) mass is 358 g/mol. The molecule has 0 spiro atoms. The Morgan fingerprint density at radius 1 is 1.31 bits per heavy atom. The van der Waals surface area contributed by atoms with Gasteiger partial charge in [0, 0.05) is 10.9 Å². The van der Waals surface area contributed by atoms with Crippen molar-refractivity contribution in [3.63, 3.8) is 0 Å². The number of likely N-dealkylation sites (tertiary alicyclic amines) is 1. The first kappa shape index (κ1) is 18.5. The van der Waals surface area contributed by atoms with Crippen LogP contribution in [-0.4, -0.2) is 43.6 Å². The summed E-state index contributed by atoms with van der Waals surface area (Å²) in [5.41, 5.74) is 2.68. The maximum atomic E-state index is 12.5. The Morgan fingerprint density at radius 2 is 2.04 bits per heavy atom. The molecular formula is C20H28N3O3+. The number of nitrogens with one attached hydrogen (secondary N) is 3. The molecule has 0 bridgehead atoms. The van der Waals surface area contributed by atoms with E-state index in [4.69, 9.17) is 4.74 Å². The molecule has 26 heavy (non-hydrogen) atoms. The first-order valence-corrected chi connectivity index (χ1v) is 9.32. The molecule has 1 fully saturated rings. The van der Waals surface area contributed by atoms with Crippen LogP contribution >= 0.6 is 0 Å². The molecule has 1 saturated heterocycles. The van der Waals surface area contributed by atoms with Gasteiger partial charge in [-0.15, -0.1) is 0 Å². The number of anilines is 1. The van der Waals surface area contributed by atoms with Crippen LogP contribution in [0.3, 0.4) is 0 Å². The number of fused-ring (bicyclic) bond motifs is 1. The fraction of sp³-hybridized carbons (Fsp3) is 0.500. The Morgan fingerprint density at radius 3 is 2.73 bits per heavy atom. The molecule has 140 valence electrons. The minimum atomic E-state index is -0.482. The zero-order valence-corrected chi connectivity index (χ0v) is 15.8. The maximum absolute atomic E-state index is 12.5. The van der Waals surface area contributed by atoms with Crippen molar-refractivity contribution in [2.24, 2.45) is 5.92 Å². The van der Waals surface area contributed by atoms with Gasteiger partial charge in [0.15, 0.2) is 0 Å². The van der Waals surface area contributed by atoms with Crippen LogP contribution in [0.4, 0.5) is 5.69 Å². The van der Waals surface area contributed by atoms with Crippen molar-refractivity contribution in [3.05, 3.63) is 29.5 Å². The van der Waals surface area contributed by atoms with Crippen molar-refractivity contribution in [2.45, 2.75) is 33.1 Å². The van der Waals surface area contributed by atoms with Crippen molar-refractivity contribution in [1.82, 2.24) is 4.98 Å². The number of carbonyl (C=O) groups is 2. The number of piperidine rings is 1. The van der Waals surface area contributed by atoms with Crippen molar-refractivity contribution in [3.8, 4) is 0 Å². The van der Waals surface area contributed by atoms with Gasteiger partial charge in [0.25, 0.3) is 0 Å². The summed E-state index contributed by atoms with van der Waals surface area (Å²) in [6.45, 7) is 7.36. The number of amides is 1. The molecule has 0 aliphatic carbocycles. The molecule has 1 aromatic carbocycles. The molecule has 1 amide bonds. The van der Waals surface area contributed by atoms with E-state index in [2.05, 4.69) is 17.2 Å². The van der Waals surface area contributed by atoms with E-state index in [0.717, 1.165) is 42.0 Å². The van der Waals surface area contributed by atoms with Crippen LogP contribution in [0.25, 0.3) is 10.9 Å². The van der Waals surface area contributed by atoms with Gasteiger partial charge < -0.3 is 19.9 Å². The molecule has 2 aromatic rings. The molecule has 3 N–H and O–H groups in total. The van der Waals surface area contributed by atoms with E-state index in [-0.39, 0.29) is 5.91 Å². The van der Waals surface area contributed by atoms with Gasteiger partial charge >= 0.3 is 5.97 Å². The molecule has 0 saturated carbocycles. The Labute approximate surface area is 153 Å². The predicted octanol–water partition coefficient (Wildman–Crippen LogP) is 1.91.